The molecule has 0 fully saturated rings. The Morgan fingerprint density at radius 1 is 1.30 bits per heavy atom. The monoisotopic (exact) mass is 347 g/mol. The van der Waals surface area contributed by atoms with Crippen molar-refractivity contribution in [2.24, 2.45) is 5.73 Å². The van der Waals surface area contributed by atoms with Gasteiger partial charge >= 0.3 is 0 Å². The molecule has 3 aromatic rings. The third kappa shape index (κ3) is 3.60. The van der Waals surface area contributed by atoms with Crippen molar-refractivity contribution in [1.29, 1.82) is 0 Å². The normalized spacial score (nSPS) is 12.5. The van der Waals surface area contributed by atoms with Crippen molar-refractivity contribution in [2.75, 3.05) is 5.32 Å². The van der Waals surface area contributed by atoms with Crippen LogP contribution in [0.1, 0.15) is 22.9 Å². The average Bonchev–Trinajstić information content (AvgIpc) is 2.82. The summed E-state index contributed by atoms with van der Waals surface area (Å²) in [5.74, 6) is 0.765. The van der Waals surface area contributed by atoms with Crippen molar-refractivity contribution in [3.05, 3.63) is 45.8 Å². The summed E-state index contributed by atoms with van der Waals surface area (Å²) in [6, 6.07) is 4.04. The van der Waals surface area contributed by atoms with Crippen LogP contribution in [0.2, 0.25) is 5.28 Å². The van der Waals surface area contributed by atoms with Gasteiger partial charge in [0.25, 0.3) is 0 Å². The number of hydrogen-bond donors (Lipinski definition) is 2. The maximum absolute atomic E-state index is 6.10. The van der Waals surface area contributed by atoms with Crippen LogP contribution in [-0.4, -0.2) is 21.0 Å². The van der Waals surface area contributed by atoms with E-state index in [0.29, 0.717) is 6.54 Å². The van der Waals surface area contributed by atoms with Crippen molar-refractivity contribution in [3.8, 4) is 0 Å². The molecule has 7 heteroatoms. The zero-order valence-electron chi connectivity index (χ0n) is 13.0. The maximum Gasteiger partial charge on any atom is 0.224 e. The molecule has 120 valence electrons. The Bertz CT molecular complexity index is 816. The summed E-state index contributed by atoms with van der Waals surface area (Å²) in [4.78, 5) is 14.0. The van der Waals surface area contributed by atoms with Crippen molar-refractivity contribution in [2.45, 2.75) is 32.9 Å². The molecule has 0 saturated carbocycles. The highest BCUT2D eigenvalue weighted by Gasteiger charge is 2.16. The van der Waals surface area contributed by atoms with Gasteiger partial charge < -0.3 is 11.1 Å². The standard InChI is InChI=1S/C16H18ClN5S/c1-9(18)7-12-10(2)13-14(23-12)15(22-16(17)21-13)20-8-11-3-5-19-6-4-11/h3-6,9H,7-8,18H2,1-2H3,(H,20,21,22)/t9-/m0/s1. The van der Waals surface area contributed by atoms with E-state index in [1.807, 2.05) is 19.1 Å². The minimum atomic E-state index is 0.110. The molecule has 0 aromatic carbocycles. The number of nitrogens with zero attached hydrogens (tertiary/aromatic N) is 3. The number of pyridine rings is 1. The molecule has 0 aliphatic heterocycles. The van der Waals surface area contributed by atoms with Crippen molar-refractivity contribution in [3.63, 3.8) is 0 Å². The van der Waals surface area contributed by atoms with Crippen LogP contribution in [-0.2, 0) is 13.0 Å². The number of aromatic nitrogens is 3. The van der Waals surface area contributed by atoms with Gasteiger partial charge in [0.1, 0.15) is 5.82 Å². The highest BCUT2D eigenvalue weighted by molar-refractivity contribution is 7.19. The quantitative estimate of drug-likeness (QED) is 0.690. The SMILES string of the molecule is Cc1c(C[C@H](C)N)sc2c(NCc3ccncc3)nc(Cl)nc12. The molecular formula is C16H18ClN5S. The second-order valence-electron chi connectivity index (χ2n) is 5.56. The fraction of sp³-hybridized carbons (Fsp3) is 0.312. The number of nitrogens with one attached hydrogen (secondary N) is 1. The lowest BCUT2D eigenvalue weighted by molar-refractivity contribution is 0.744. The Morgan fingerprint density at radius 3 is 2.74 bits per heavy atom. The van der Waals surface area contributed by atoms with E-state index < -0.39 is 0 Å². The van der Waals surface area contributed by atoms with Gasteiger partial charge in [0.05, 0.1) is 10.2 Å². The highest BCUT2D eigenvalue weighted by atomic mass is 35.5. The number of aryl methyl sites for hydroxylation is 1. The Labute approximate surface area is 143 Å². The zero-order chi connectivity index (χ0) is 16.4. The smallest absolute Gasteiger partial charge is 0.224 e. The first-order valence-corrected chi connectivity index (χ1v) is 8.58. The van der Waals surface area contributed by atoms with E-state index in [1.54, 1.807) is 23.7 Å². The van der Waals surface area contributed by atoms with Gasteiger partial charge in [0.2, 0.25) is 5.28 Å². The second kappa shape index (κ2) is 6.78. The van der Waals surface area contributed by atoms with Crippen molar-refractivity contribution >= 4 is 39.0 Å². The summed E-state index contributed by atoms with van der Waals surface area (Å²) in [7, 11) is 0. The molecule has 3 rings (SSSR count). The number of rotatable bonds is 5. The number of fused-ring (bicyclic) bond motifs is 1. The topological polar surface area (TPSA) is 76.7 Å². The molecule has 1 atom stereocenters. The van der Waals surface area contributed by atoms with Crippen LogP contribution in [0.15, 0.2) is 24.5 Å². The summed E-state index contributed by atoms with van der Waals surface area (Å²) in [5, 5.41) is 3.61. The van der Waals surface area contributed by atoms with E-state index >= 15 is 0 Å². The minimum absolute atomic E-state index is 0.110. The first-order chi connectivity index (χ1) is 11.0. The lowest BCUT2D eigenvalue weighted by Gasteiger charge is -2.07. The van der Waals surface area contributed by atoms with Crippen LogP contribution in [0.5, 0.6) is 0 Å². The molecule has 0 saturated heterocycles. The van der Waals surface area contributed by atoms with Gasteiger partial charge in [-0.25, -0.2) is 4.98 Å². The van der Waals surface area contributed by atoms with Crippen molar-refractivity contribution < 1.29 is 0 Å². The molecule has 3 aromatic heterocycles. The van der Waals surface area contributed by atoms with Crippen LogP contribution >= 0.6 is 22.9 Å². The van der Waals surface area contributed by atoms with E-state index in [4.69, 9.17) is 17.3 Å². The predicted molar refractivity (Wildman–Crippen MR) is 96.1 cm³/mol. The third-order valence-corrected chi connectivity index (χ3v) is 5.03. The van der Waals surface area contributed by atoms with Crippen molar-refractivity contribution in [1.82, 2.24) is 15.0 Å². The Hall–Kier alpha value is -1.76. The van der Waals surface area contributed by atoms with Gasteiger partial charge in [0, 0.05) is 29.9 Å². The summed E-state index contributed by atoms with van der Waals surface area (Å²) >= 11 is 7.78. The Morgan fingerprint density at radius 2 is 2.04 bits per heavy atom. The Balaban J connectivity index is 1.96. The molecule has 0 unspecified atom stereocenters. The molecule has 0 aliphatic carbocycles. The maximum atomic E-state index is 6.10. The van der Waals surface area contributed by atoms with Gasteiger partial charge in [-0.1, -0.05) is 0 Å². The van der Waals surface area contributed by atoms with E-state index in [-0.39, 0.29) is 11.3 Å². The molecule has 23 heavy (non-hydrogen) atoms. The van der Waals surface area contributed by atoms with Gasteiger partial charge in [-0.15, -0.1) is 11.3 Å². The molecule has 0 radical (unpaired) electrons. The fourth-order valence-corrected chi connectivity index (χ4v) is 3.92. The van der Waals surface area contributed by atoms with E-state index in [1.165, 1.54) is 4.88 Å². The number of thiophene rings is 1. The van der Waals surface area contributed by atoms with Crippen LogP contribution < -0.4 is 11.1 Å². The zero-order valence-corrected chi connectivity index (χ0v) is 14.6. The van der Waals surface area contributed by atoms with Gasteiger partial charge in [-0.2, -0.15) is 4.98 Å². The summed E-state index contributed by atoms with van der Waals surface area (Å²) in [5.41, 5.74) is 9.12. The molecule has 0 spiro atoms. The Kier molecular flexibility index (Phi) is 4.75. The van der Waals surface area contributed by atoms with Crippen LogP contribution in [0.3, 0.4) is 0 Å². The van der Waals surface area contributed by atoms with Crippen LogP contribution in [0, 0.1) is 6.92 Å². The summed E-state index contributed by atoms with van der Waals surface area (Å²) in [6.45, 7) is 4.72. The molecule has 0 bridgehead atoms. The number of nitrogens with two attached hydrogens (primary N) is 1. The van der Waals surface area contributed by atoms with Crippen LogP contribution in [0.25, 0.3) is 10.2 Å². The number of hydrogen-bond acceptors (Lipinski definition) is 6. The fourth-order valence-electron chi connectivity index (χ4n) is 2.40. The molecule has 3 N–H and O–H groups in total. The average molecular weight is 348 g/mol. The summed E-state index contributed by atoms with van der Waals surface area (Å²) < 4.78 is 1.02. The first kappa shape index (κ1) is 16.1. The number of halogens is 1. The van der Waals surface area contributed by atoms with E-state index in [0.717, 1.165) is 33.6 Å². The number of anilines is 1. The third-order valence-electron chi connectivity index (χ3n) is 3.55. The summed E-state index contributed by atoms with van der Waals surface area (Å²) in [6.07, 6.45) is 4.37. The molecular weight excluding hydrogens is 330 g/mol. The molecule has 3 heterocycles. The van der Waals surface area contributed by atoms with E-state index in [9.17, 15) is 0 Å². The molecule has 0 aliphatic rings. The largest absolute Gasteiger partial charge is 0.365 e. The lowest BCUT2D eigenvalue weighted by Crippen LogP contribution is -2.17. The highest BCUT2D eigenvalue weighted by Crippen LogP contribution is 2.35. The molecule has 0 amide bonds. The van der Waals surface area contributed by atoms with Gasteiger partial charge in [-0.05, 0) is 55.1 Å². The molecule has 5 nitrogen and oxygen atoms in total. The van der Waals surface area contributed by atoms with E-state index in [2.05, 4.69) is 27.2 Å². The first-order valence-electron chi connectivity index (χ1n) is 7.38. The van der Waals surface area contributed by atoms with Gasteiger partial charge in [0.15, 0.2) is 0 Å². The lowest BCUT2D eigenvalue weighted by atomic mass is 10.1. The minimum Gasteiger partial charge on any atom is -0.365 e. The second-order valence-corrected chi connectivity index (χ2v) is 7.00. The van der Waals surface area contributed by atoms with Crippen LogP contribution in [0.4, 0.5) is 5.82 Å². The predicted octanol–water partition coefficient (Wildman–Crippen LogP) is 3.55. The van der Waals surface area contributed by atoms with Gasteiger partial charge in [-0.3, -0.25) is 4.98 Å².